The molecule has 2 aromatic rings. The molecule has 1 N–H and O–H groups in total. The van der Waals surface area contributed by atoms with Gasteiger partial charge >= 0.3 is 0 Å². The van der Waals surface area contributed by atoms with Crippen LogP contribution in [0.1, 0.15) is 25.0 Å². The van der Waals surface area contributed by atoms with Crippen LogP contribution < -0.4 is 4.90 Å². The smallest absolute Gasteiger partial charge is 0.0558 e. The first-order valence-corrected chi connectivity index (χ1v) is 8.95. The van der Waals surface area contributed by atoms with Crippen molar-refractivity contribution in [1.82, 2.24) is 4.90 Å². The van der Waals surface area contributed by atoms with Gasteiger partial charge in [0, 0.05) is 43.4 Å². The van der Waals surface area contributed by atoms with Gasteiger partial charge in [0.1, 0.15) is 0 Å². The van der Waals surface area contributed by atoms with Crippen molar-refractivity contribution in [3.8, 4) is 0 Å². The van der Waals surface area contributed by atoms with E-state index in [1.807, 2.05) is 24.3 Å². The molecule has 0 aliphatic heterocycles. The minimum atomic E-state index is 0.158. The van der Waals surface area contributed by atoms with Gasteiger partial charge in [-0.05, 0) is 49.2 Å². The Hall–Kier alpha value is -1.55. The van der Waals surface area contributed by atoms with Crippen LogP contribution in [-0.2, 0) is 13.1 Å². The lowest BCUT2D eigenvalue weighted by molar-refractivity contribution is 0.184. The second-order valence-corrected chi connectivity index (χ2v) is 6.34. The third-order valence-electron chi connectivity index (χ3n) is 4.21. The predicted octanol–water partition coefficient (Wildman–Crippen LogP) is 4.18. The van der Waals surface area contributed by atoms with E-state index >= 15 is 0 Å². The second kappa shape index (κ2) is 9.67. The molecule has 24 heavy (non-hydrogen) atoms. The van der Waals surface area contributed by atoms with Crippen molar-refractivity contribution < 1.29 is 5.11 Å². The fourth-order valence-electron chi connectivity index (χ4n) is 2.86. The molecule has 0 aliphatic rings. The van der Waals surface area contributed by atoms with Crippen molar-refractivity contribution in [2.45, 2.75) is 26.9 Å². The highest BCUT2D eigenvalue weighted by Crippen LogP contribution is 2.17. The number of aliphatic hydroxyl groups excluding tert-OH is 1. The lowest BCUT2D eigenvalue weighted by Gasteiger charge is -2.23. The van der Waals surface area contributed by atoms with Crippen molar-refractivity contribution in [2.24, 2.45) is 0 Å². The van der Waals surface area contributed by atoms with Gasteiger partial charge < -0.3 is 10.0 Å². The molecule has 0 spiro atoms. The van der Waals surface area contributed by atoms with Gasteiger partial charge in [-0.1, -0.05) is 35.9 Å². The van der Waals surface area contributed by atoms with Gasteiger partial charge in [-0.2, -0.15) is 0 Å². The molecule has 0 aromatic heterocycles. The summed E-state index contributed by atoms with van der Waals surface area (Å²) in [5.74, 6) is 0. The molecular formula is C20H27ClN2O. The molecular weight excluding hydrogens is 320 g/mol. The number of hydrogen-bond donors (Lipinski definition) is 1. The quantitative estimate of drug-likeness (QED) is 0.737. The molecule has 0 atom stereocenters. The summed E-state index contributed by atoms with van der Waals surface area (Å²) in [6, 6.07) is 16.6. The van der Waals surface area contributed by atoms with Crippen LogP contribution in [0.5, 0.6) is 0 Å². The lowest BCUT2D eigenvalue weighted by atomic mass is 10.1. The molecule has 0 fully saturated rings. The van der Waals surface area contributed by atoms with E-state index < -0.39 is 0 Å². The van der Waals surface area contributed by atoms with Gasteiger partial charge in [0.15, 0.2) is 0 Å². The summed E-state index contributed by atoms with van der Waals surface area (Å²) in [4.78, 5) is 4.58. The highest BCUT2D eigenvalue weighted by atomic mass is 35.5. The zero-order valence-corrected chi connectivity index (χ0v) is 15.3. The van der Waals surface area contributed by atoms with Crippen LogP contribution in [-0.4, -0.2) is 36.2 Å². The maximum Gasteiger partial charge on any atom is 0.0558 e. The summed E-state index contributed by atoms with van der Waals surface area (Å²) in [7, 11) is 0. The van der Waals surface area contributed by atoms with Crippen LogP contribution in [0.2, 0.25) is 5.02 Å². The third kappa shape index (κ3) is 5.52. The Morgan fingerprint density at radius 2 is 1.33 bits per heavy atom. The fourth-order valence-corrected chi connectivity index (χ4v) is 2.99. The van der Waals surface area contributed by atoms with Gasteiger partial charge in [-0.15, -0.1) is 0 Å². The third-order valence-corrected chi connectivity index (χ3v) is 4.46. The van der Waals surface area contributed by atoms with Crippen molar-refractivity contribution in [3.05, 3.63) is 64.7 Å². The first-order chi connectivity index (χ1) is 11.7. The topological polar surface area (TPSA) is 26.7 Å². The Morgan fingerprint density at radius 3 is 1.79 bits per heavy atom. The molecule has 0 bridgehead atoms. The van der Waals surface area contributed by atoms with Gasteiger partial charge in [-0.25, -0.2) is 0 Å². The Kier molecular flexibility index (Phi) is 7.57. The van der Waals surface area contributed by atoms with E-state index in [0.29, 0.717) is 6.54 Å². The van der Waals surface area contributed by atoms with Crippen LogP contribution in [0, 0.1) is 0 Å². The summed E-state index contributed by atoms with van der Waals surface area (Å²) in [5, 5.41) is 10.1. The molecule has 0 radical (unpaired) electrons. The molecule has 2 aromatic carbocycles. The van der Waals surface area contributed by atoms with Crippen molar-refractivity contribution in [1.29, 1.82) is 0 Å². The molecule has 130 valence electrons. The fraction of sp³-hybridized carbons (Fsp3) is 0.400. The molecule has 0 aliphatic carbocycles. The van der Waals surface area contributed by atoms with Crippen molar-refractivity contribution >= 4 is 17.3 Å². The minimum Gasteiger partial charge on any atom is -0.395 e. The van der Waals surface area contributed by atoms with E-state index in [1.54, 1.807) is 0 Å². The molecule has 0 saturated carbocycles. The molecule has 0 saturated heterocycles. The molecule has 3 nitrogen and oxygen atoms in total. The van der Waals surface area contributed by atoms with Crippen LogP contribution in [0.3, 0.4) is 0 Å². The van der Waals surface area contributed by atoms with E-state index in [4.69, 9.17) is 11.6 Å². The molecule has 0 unspecified atom stereocenters. The highest BCUT2D eigenvalue weighted by Gasteiger charge is 2.08. The molecule has 0 heterocycles. The van der Waals surface area contributed by atoms with Crippen LogP contribution in [0.15, 0.2) is 48.5 Å². The van der Waals surface area contributed by atoms with Gasteiger partial charge in [0.25, 0.3) is 0 Å². The first-order valence-electron chi connectivity index (χ1n) is 8.57. The second-order valence-electron chi connectivity index (χ2n) is 5.90. The summed E-state index contributed by atoms with van der Waals surface area (Å²) in [5.41, 5.74) is 3.72. The van der Waals surface area contributed by atoms with Gasteiger partial charge in [0.05, 0.1) is 6.61 Å². The Morgan fingerprint density at radius 1 is 0.833 bits per heavy atom. The minimum absolute atomic E-state index is 0.158. The van der Waals surface area contributed by atoms with E-state index in [0.717, 1.165) is 31.2 Å². The van der Waals surface area contributed by atoms with Crippen molar-refractivity contribution in [3.63, 3.8) is 0 Å². The van der Waals surface area contributed by atoms with E-state index in [1.165, 1.54) is 16.8 Å². The normalized spacial score (nSPS) is 11.0. The predicted molar refractivity (Wildman–Crippen MR) is 103 cm³/mol. The lowest BCUT2D eigenvalue weighted by Crippen LogP contribution is -2.26. The number of nitrogens with zero attached hydrogens (tertiary/aromatic N) is 2. The summed E-state index contributed by atoms with van der Waals surface area (Å²) >= 11 is 5.95. The van der Waals surface area contributed by atoms with Gasteiger partial charge in [-0.3, -0.25) is 4.90 Å². The van der Waals surface area contributed by atoms with Gasteiger partial charge in [0.2, 0.25) is 0 Å². The van der Waals surface area contributed by atoms with E-state index in [9.17, 15) is 5.11 Å². The van der Waals surface area contributed by atoms with Crippen LogP contribution in [0.4, 0.5) is 5.69 Å². The Labute approximate surface area is 150 Å². The maximum absolute atomic E-state index is 9.35. The number of benzene rings is 2. The zero-order chi connectivity index (χ0) is 17.4. The van der Waals surface area contributed by atoms with E-state index in [2.05, 4.69) is 47.9 Å². The Bertz CT molecular complexity index is 594. The van der Waals surface area contributed by atoms with E-state index in [-0.39, 0.29) is 6.61 Å². The SMILES string of the molecule is CCN(CC)c1ccc(CN(CCO)Cc2ccc(Cl)cc2)cc1. The number of anilines is 1. The number of halogens is 1. The molecule has 4 heteroatoms. The highest BCUT2D eigenvalue weighted by molar-refractivity contribution is 6.30. The number of hydrogen-bond acceptors (Lipinski definition) is 3. The first kappa shape index (κ1) is 18.8. The average molecular weight is 347 g/mol. The summed E-state index contributed by atoms with van der Waals surface area (Å²) in [6.45, 7) is 8.81. The van der Waals surface area contributed by atoms with Crippen LogP contribution in [0.25, 0.3) is 0 Å². The number of rotatable bonds is 9. The standard InChI is InChI=1S/C20H27ClN2O/c1-3-23(4-2)20-11-7-18(8-12-20)16-22(13-14-24)15-17-5-9-19(21)10-6-17/h5-12,24H,3-4,13-16H2,1-2H3. The summed E-state index contributed by atoms with van der Waals surface area (Å²) in [6.07, 6.45) is 0. The summed E-state index contributed by atoms with van der Waals surface area (Å²) < 4.78 is 0. The molecule has 2 rings (SSSR count). The monoisotopic (exact) mass is 346 g/mol. The Balaban J connectivity index is 2.02. The van der Waals surface area contributed by atoms with Crippen molar-refractivity contribution in [2.75, 3.05) is 31.1 Å². The zero-order valence-electron chi connectivity index (χ0n) is 14.6. The number of aliphatic hydroxyl groups is 1. The maximum atomic E-state index is 9.35. The average Bonchev–Trinajstić information content (AvgIpc) is 2.60. The largest absolute Gasteiger partial charge is 0.395 e. The van der Waals surface area contributed by atoms with Crippen LogP contribution >= 0.6 is 11.6 Å². The molecule has 0 amide bonds.